The Kier molecular flexibility index (Phi) is 4.32. The van der Waals surface area contributed by atoms with E-state index in [2.05, 4.69) is 48.0 Å². The molecule has 0 saturated carbocycles. The lowest BCUT2D eigenvalue weighted by Gasteiger charge is -2.08. The maximum Gasteiger partial charge on any atom is 0.336 e. The minimum Gasteiger partial charge on any atom is -0.478 e. The Labute approximate surface area is 125 Å². The molecule has 2 aromatic carbocycles. The molecule has 0 amide bonds. The first-order chi connectivity index (χ1) is 8.97. The van der Waals surface area contributed by atoms with Gasteiger partial charge in [0.15, 0.2) is 0 Å². The van der Waals surface area contributed by atoms with Crippen molar-refractivity contribution in [3.63, 3.8) is 0 Å². The van der Waals surface area contributed by atoms with Crippen LogP contribution in [-0.2, 0) is 0 Å². The molecule has 2 aromatic rings. The van der Waals surface area contributed by atoms with Crippen LogP contribution < -0.4 is 0 Å². The minimum absolute atomic E-state index is 0.283. The second-order valence-electron chi connectivity index (χ2n) is 4.32. The Morgan fingerprint density at radius 3 is 2.53 bits per heavy atom. The molecule has 0 fully saturated rings. The van der Waals surface area contributed by atoms with Crippen molar-refractivity contribution < 1.29 is 9.90 Å². The van der Waals surface area contributed by atoms with Crippen molar-refractivity contribution >= 4 is 33.7 Å². The number of benzene rings is 2. The maximum atomic E-state index is 11.0. The van der Waals surface area contributed by atoms with Gasteiger partial charge in [0, 0.05) is 14.3 Å². The lowest BCUT2D eigenvalue weighted by Crippen LogP contribution is -1.97. The molecule has 0 aromatic heterocycles. The monoisotopic (exact) mass is 336 g/mol. The first-order valence-corrected chi connectivity index (χ1v) is 7.36. The molecule has 0 radical (unpaired) electrons. The van der Waals surface area contributed by atoms with E-state index in [0.29, 0.717) is 4.47 Å². The van der Waals surface area contributed by atoms with Crippen molar-refractivity contribution in [3.05, 3.63) is 57.6 Å². The number of carboxylic acid groups (broad SMARTS) is 1. The Morgan fingerprint density at radius 2 is 1.89 bits per heavy atom. The van der Waals surface area contributed by atoms with E-state index >= 15 is 0 Å². The first kappa shape index (κ1) is 14.2. The minimum atomic E-state index is -0.921. The third-order valence-electron chi connectivity index (χ3n) is 2.74. The highest BCUT2D eigenvalue weighted by molar-refractivity contribution is 9.10. The molecule has 0 bridgehead atoms. The number of aryl methyl sites for hydroxylation is 2. The second kappa shape index (κ2) is 5.80. The largest absolute Gasteiger partial charge is 0.478 e. The third kappa shape index (κ3) is 3.39. The van der Waals surface area contributed by atoms with E-state index in [1.807, 2.05) is 12.1 Å². The highest BCUT2D eigenvalue weighted by atomic mass is 79.9. The molecule has 2 nitrogen and oxygen atoms in total. The van der Waals surface area contributed by atoms with Crippen LogP contribution in [0.4, 0.5) is 0 Å². The van der Waals surface area contributed by atoms with Gasteiger partial charge in [-0.25, -0.2) is 4.79 Å². The molecule has 2 rings (SSSR count). The topological polar surface area (TPSA) is 37.3 Å². The number of hydrogen-bond acceptors (Lipinski definition) is 2. The summed E-state index contributed by atoms with van der Waals surface area (Å²) in [5, 5.41) is 8.99. The Balaban J connectivity index is 2.31. The van der Waals surface area contributed by atoms with Crippen LogP contribution >= 0.6 is 27.7 Å². The van der Waals surface area contributed by atoms with E-state index in [0.717, 1.165) is 4.90 Å². The van der Waals surface area contributed by atoms with Crippen molar-refractivity contribution in [1.29, 1.82) is 0 Å². The molecule has 4 heteroatoms. The zero-order valence-corrected chi connectivity index (χ0v) is 13.0. The number of aromatic carboxylic acids is 1. The summed E-state index contributed by atoms with van der Waals surface area (Å²) in [6.07, 6.45) is 0. The van der Waals surface area contributed by atoms with Gasteiger partial charge < -0.3 is 5.11 Å². The molecule has 0 atom stereocenters. The fraction of sp³-hybridized carbons (Fsp3) is 0.133. The summed E-state index contributed by atoms with van der Waals surface area (Å²) in [5.41, 5.74) is 2.72. The number of hydrogen-bond donors (Lipinski definition) is 1. The summed E-state index contributed by atoms with van der Waals surface area (Å²) in [4.78, 5) is 13.2. The summed E-state index contributed by atoms with van der Waals surface area (Å²) in [5.74, 6) is -0.921. The smallest absolute Gasteiger partial charge is 0.336 e. The highest BCUT2D eigenvalue weighted by Gasteiger charge is 2.09. The van der Waals surface area contributed by atoms with Crippen molar-refractivity contribution in [2.45, 2.75) is 23.6 Å². The van der Waals surface area contributed by atoms with Gasteiger partial charge >= 0.3 is 5.97 Å². The van der Waals surface area contributed by atoms with E-state index in [4.69, 9.17) is 5.11 Å². The van der Waals surface area contributed by atoms with Gasteiger partial charge in [0.05, 0.1) is 5.56 Å². The average molecular weight is 337 g/mol. The molecule has 1 N–H and O–H groups in total. The van der Waals surface area contributed by atoms with E-state index < -0.39 is 5.97 Å². The summed E-state index contributed by atoms with van der Waals surface area (Å²) in [7, 11) is 0. The molecule has 0 unspecified atom stereocenters. The van der Waals surface area contributed by atoms with Gasteiger partial charge in [-0.1, -0.05) is 23.9 Å². The van der Waals surface area contributed by atoms with Gasteiger partial charge in [-0.15, -0.1) is 0 Å². The van der Waals surface area contributed by atoms with Gasteiger partial charge in [0.25, 0.3) is 0 Å². The predicted octanol–water partition coefficient (Wildman–Crippen LogP) is 4.92. The fourth-order valence-corrected chi connectivity index (χ4v) is 3.42. The van der Waals surface area contributed by atoms with Crippen LogP contribution in [0.5, 0.6) is 0 Å². The number of carbonyl (C=O) groups is 1. The Hall–Kier alpha value is -1.26. The van der Waals surface area contributed by atoms with Crippen LogP contribution in [0.2, 0.25) is 0 Å². The normalized spacial score (nSPS) is 10.5. The van der Waals surface area contributed by atoms with E-state index in [1.54, 1.807) is 17.8 Å². The molecular formula is C15H13BrO2S. The summed E-state index contributed by atoms with van der Waals surface area (Å²) >= 11 is 4.94. The van der Waals surface area contributed by atoms with Crippen molar-refractivity contribution in [2.75, 3.05) is 0 Å². The molecule has 0 spiro atoms. The zero-order chi connectivity index (χ0) is 14.0. The fourth-order valence-electron chi connectivity index (χ4n) is 1.68. The maximum absolute atomic E-state index is 11.0. The summed E-state index contributed by atoms with van der Waals surface area (Å²) < 4.78 is 0.607. The van der Waals surface area contributed by atoms with Crippen LogP contribution in [0.15, 0.2) is 50.7 Å². The molecular weight excluding hydrogens is 324 g/mol. The van der Waals surface area contributed by atoms with E-state index in [-0.39, 0.29) is 5.56 Å². The number of halogens is 1. The number of rotatable bonds is 3. The third-order valence-corrected chi connectivity index (χ3v) is 4.55. The molecule has 0 aliphatic rings. The van der Waals surface area contributed by atoms with Gasteiger partial charge in [-0.05, 0) is 65.2 Å². The van der Waals surface area contributed by atoms with Crippen LogP contribution in [0, 0.1) is 13.8 Å². The van der Waals surface area contributed by atoms with Crippen LogP contribution in [0.3, 0.4) is 0 Å². The van der Waals surface area contributed by atoms with Crippen LogP contribution in [-0.4, -0.2) is 11.1 Å². The quantitative estimate of drug-likeness (QED) is 0.864. The van der Waals surface area contributed by atoms with Gasteiger partial charge in [-0.3, -0.25) is 0 Å². The Bertz CT molecular complexity index is 638. The zero-order valence-electron chi connectivity index (χ0n) is 10.6. The molecule has 98 valence electrons. The number of carboxylic acids is 1. The van der Waals surface area contributed by atoms with Gasteiger partial charge in [0.2, 0.25) is 0 Å². The van der Waals surface area contributed by atoms with Crippen LogP contribution in [0.25, 0.3) is 0 Å². The SMILES string of the molecule is Cc1ccc(C)c(Sc2ccc(C(=O)O)c(Br)c2)c1. The predicted molar refractivity (Wildman–Crippen MR) is 81.1 cm³/mol. The van der Waals surface area contributed by atoms with Crippen molar-refractivity contribution in [3.8, 4) is 0 Å². The highest BCUT2D eigenvalue weighted by Crippen LogP contribution is 2.33. The first-order valence-electron chi connectivity index (χ1n) is 5.75. The van der Waals surface area contributed by atoms with Crippen LogP contribution in [0.1, 0.15) is 21.5 Å². The summed E-state index contributed by atoms with van der Waals surface area (Å²) in [6, 6.07) is 11.6. The van der Waals surface area contributed by atoms with Crippen molar-refractivity contribution in [1.82, 2.24) is 0 Å². The molecule has 0 heterocycles. The van der Waals surface area contributed by atoms with E-state index in [9.17, 15) is 4.79 Å². The van der Waals surface area contributed by atoms with Gasteiger partial charge in [0.1, 0.15) is 0 Å². The molecule has 0 aliphatic heterocycles. The molecule has 0 saturated heterocycles. The lowest BCUT2D eigenvalue weighted by atomic mass is 10.2. The Morgan fingerprint density at radius 1 is 1.16 bits per heavy atom. The average Bonchev–Trinajstić information content (AvgIpc) is 2.33. The summed E-state index contributed by atoms with van der Waals surface area (Å²) in [6.45, 7) is 4.13. The second-order valence-corrected chi connectivity index (χ2v) is 6.29. The van der Waals surface area contributed by atoms with Gasteiger partial charge in [-0.2, -0.15) is 0 Å². The molecule has 19 heavy (non-hydrogen) atoms. The lowest BCUT2D eigenvalue weighted by molar-refractivity contribution is 0.0696. The molecule has 0 aliphatic carbocycles. The van der Waals surface area contributed by atoms with E-state index in [1.165, 1.54) is 16.0 Å². The standard InChI is InChI=1S/C15H13BrO2S/c1-9-3-4-10(2)14(7-9)19-11-5-6-12(15(17)18)13(16)8-11/h3-8H,1-2H3,(H,17,18). The van der Waals surface area contributed by atoms with Crippen molar-refractivity contribution in [2.24, 2.45) is 0 Å².